The molecule has 33 heavy (non-hydrogen) atoms. The van der Waals surface area contributed by atoms with Crippen LogP contribution in [0.2, 0.25) is 0 Å². The maximum atomic E-state index is 11.0. The minimum atomic E-state index is -1.34. The molecule has 0 saturated heterocycles. The highest BCUT2D eigenvalue weighted by Crippen LogP contribution is 2.36. The number of carboxylic acid groups (broad SMARTS) is 1. The van der Waals surface area contributed by atoms with Crippen molar-refractivity contribution in [3.63, 3.8) is 0 Å². The number of fused-ring (bicyclic) bond motifs is 1. The van der Waals surface area contributed by atoms with Gasteiger partial charge in [-0.05, 0) is 55.5 Å². The molecule has 8 heteroatoms. The Morgan fingerprint density at radius 2 is 2.12 bits per heavy atom. The van der Waals surface area contributed by atoms with Gasteiger partial charge in [-0.3, -0.25) is 4.98 Å². The summed E-state index contributed by atoms with van der Waals surface area (Å²) < 4.78 is 10.2. The molecule has 0 spiro atoms. The summed E-state index contributed by atoms with van der Waals surface area (Å²) in [6.07, 6.45) is 3.38. The summed E-state index contributed by atoms with van der Waals surface area (Å²) in [5.41, 5.74) is 5.03. The Balaban J connectivity index is 1.53. The molecule has 8 nitrogen and oxygen atoms in total. The van der Waals surface area contributed by atoms with E-state index in [0.29, 0.717) is 29.7 Å². The second-order valence-corrected chi connectivity index (χ2v) is 8.09. The van der Waals surface area contributed by atoms with Gasteiger partial charge in [-0.1, -0.05) is 12.1 Å². The Labute approximate surface area is 193 Å². The molecule has 0 aliphatic heterocycles. The highest BCUT2D eigenvalue weighted by Gasteiger charge is 2.22. The molecule has 172 valence electrons. The number of hydrogen-bond acceptors (Lipinski definition) is 7. The van der Waals surface area contributed by atoms with Crippen LogP contribution in [0.4, 0.5) is 22.0 Å². The first-order chi connectivity index (χ1) is 16.0. The summed E-state index contributed by atoms with van der Waals surface area (Å²) in [5, 5.41) is 12.4. The number of methoxy groups -OCH3 is 1. The molecule has 0 radical (unpaired) electrons. The molecule has 4 rings (SSSR count). The highest BCUT2D eigenvalue weighted by atomic mass is 16.7. The van der Waals surface area contributed by atoms with E-state index in [1.54, 1.807) is 19.4 Å². The molecule has 0 bridgehead atoms. The number of hydrogen-bond donors (Lipinski definition) is 2. The van der Waals surface area contributed by atoms with E-state index in [4.69, 9.17) is 14.6 Å². The topological polar surface area (TPSA) is 96.8 Å². The quantitative estimate of drug-likeness (QED) is 0.479. The maximum absolute atomic E-state index is 11.0. The first-order valence-corrected chi connectivity index (χ1v) is 10.9. The van der Waals surface area contributed by atoms with E-state index in [0.717, 1.165) is 30.8 Å². The van der Waals surface area contributed by atoms with E-state index >= 15 is 0 Å². The summed E-state index contributed by atoms with van der Waals surface area (Å²) in [4.78, 5) is 21.9. The van der Waals surface area contributed by atoms with Crippen LogP contribution in [0.3, 0.4) is 0 Å². The van der Waals surface area contributed by atoms with Crippen LogP contribution in [0.5, 0.6) is 11.6 Å². The smallest absolute Gasteiger partial charge is 0.481 e. The third-order valence-electron chi connectivity index (χ3n) is 6.04. The molecule has 1 aliphatic carbocycles. The molecule has 2 N–H and O–H groups in total. The molecule has 1 aliphatic rings. The SMILES string of the molecule is COc1cccc(N(C)c2ccc3c(c2)CCC[C@H]3CNc2c(OC(=O)O)ccnc2C)n1. The van der Waals surface area contributed by atoms with Crippen molar-refractivity contribution in [2.75, 3.05) is 30.9 Å². The van der Waals surface area contributed by atoms with Crippen LogP contribution >= 0.6 is 0 Å². The molecular weight excluding hydrogens is 420 g/mol. The predicted molar refractivity (Wildman–Crippen MR) is 127 cm³/mol. The van der Waals surface area contributed by atoms with Gasteiger partial charge in [-0.25, -0.2) is 4.79 Å². The third kappa shape index (κ3) is 5.00. The molecular formula is C25H28N4O4. The summed E-state index contributed by atoms with van der Waals surface area (Å²) in [7, 11) is 3.61. The van der Waals surface area contributed by atoms with Crippen molar-refractivity contribution in [3.05, 3.63) is 65.5 Å². The van der Waals surface area contributed by atoms with Crippen molar-refractivity contribution < 1.29 is 19.4 Å². The van der Waals surface area contributed by atoms with Crippen LogP contribution in [-0.2, 0) is 6.42 Å². The fourth-order valence-corrected chi connectivity index (χ4v) is 4.32. The molecule has 2 aromatic heterocycles. The van der Waals surface area contributed by atoms with Gasteiger partial charge in [0.2, 0.25) is 5.88 Å². The zero-order valence-corrected chi connectivity index (χ0v) is 19.0. The van der Waals surface area contributed by atoms with Gasteiger partial charge < -0.3 is 24.8 Å². The van der Waals surface area contributed by atoms with Crippen molar-refractivity contribution in [2.45, 2.75) is 32.1 Å². The number of aryl methyl sites for hydroxylation is 2. The lowest BCUT2D eigenvalue weighted by molar-refractivity contribution is 0.144. The van der Waals surface area contributed by atoms with E-state index in [1.165, 1.54) is 11.1 Å². The number of ether oxygens (including phenoxy) is 2. The normalized spacial score (nSPS) is 14.8. The van der Waals surface area contributed by atoms with Crippen LogP contribution in [0.25, 0.3) is 0 Å². The number of carbonyl (C=O) groups is 1. The number of rotatable bonds is 7. The monoisotopic (exact) mass is 448 g/mol. The van der Waals surface area contributed by atoms with E-state index < -0.39 is 6.16 Å². The zero-order chi connectivity index (χ0) is 23.4. The lowest BCUT2D eigenvalue weighted by Gasteiger charge is -2.28. The summed E-state index contributed by atoms with van der Waals surface area (Å²) in [6.45, 7) is 2.50. The predicted octanol–water partition coefficient (Wildman–Crippen LogP) is 5.15. The van der Waals surface area contributed by atoms with E-state index in [-0.39, 0.29) is 5.75 Å². The first-order valence-electron chi connectivity index (χ1n) is 10.9. The molecule has 1 aromatic carbocycles. The number of nitrogens with zero attached hydrogens (tertiary/aromatic N) is 3. The number of aromatic nitrogens is 2. The van der Waals surface area contributed by atoms with Crippen molar-refractivity contribution in [3.8, 4) is 11.6 Å². The molecule has 2 heterocycles. The fraction of sp³-hybridized carbons (Fsp3) is 0.320. The van der Waals surface area contributed by atoms with Crippen molar-refractivity contribution in [1.82, 2.24) is 9.97 Å². The lowest BCUT2D eigenvalue weighted by Crippen LogP contribution is -2.20. The van der Waals surface area contributed by atoms with Gasteiger partial charge in [-0.15, -0.1) is 0 Å². The van der Waals surface area contributed by atoms with Gasteiger partial charge in [0, 0.05) is 43.5 Å². The van der Waals surface area contributed by atoms with Crippen molar-refractivity contribution in [2.24, 2.45) is 0 Å². The summed E-state index contributed by atoms with van der Waals surface area (Å²) in [5.74, 6) is 1.98. The number of nitrogens with one attached hydrogen (secondary N) is 1. The first kappa shape index (κ1) is 22.4. The molecule has 0 unspecified atom stereocenters. The van der Waals surface area contributed by atoms with Crippen LogP contribution in [0.1, 0.15) is 35.6 Å². The summed E-state index contributed by atoms with van der Waals surface area (Å²) in [6, 6.07) is 13.8. The summed E-state index contributed by atoms with van der Waals surface area (Å²) >= 11 is 0. The maximum Gasteiger partial charge on any atom is 0.511 e. The molecule has 0 saturated carbocycles. The van der Waals surface area contributed by atoms with E-state index in [2.05, 4.69) is 38.4 Å². The standard InChI is InChI=1S/C25H28N4O4/c1-16-24(21(12-13-26-16)33-25(30)31)27-15-18-7-4-6-17-14-19(10-11-20(17)18)29(2)22-8-5-9-23(28-22)32-3/h5,8-14,18,27H,4,6-7,15H2,1-3H3,(H,30,31)/t18-/m0/s1. The second kappa shape index (κ2) is 9.77. The zero-order valence-electron chi connectivity index (χ0n) is 19.0. The van der Waals surface area contributed by atoms with Gasteiger partial charge in [0.15, 0.2) is 5.75 Å². The number of pyridine rings is 2. The largest absolute Gasteiger partial charge is 0.511 e. The van der Waals surface area contributed by atoms with E-state index in [1.807, 2.05) is 32.2 Å². The van der Waals surface area contributed by atoms with Crippen molar-refractivity contribution in [1.29, 1.82) is 0 Å². The number of benzene rings is 1. The number of anilines is 3. The average molecular weight is 449 g/mol. The Kier molecular flexibility index (Phi) is 6.63. The van der Waals surface area contributed by atoms with Gasteiger partial charge in [-0.2, -0.15) is 4.98 Å². The lowest BCUT2D eigenvalue weighted by atomic mass is 9.82. The van der Waals surface area contributed by atoms with Gasteiger partial charge >= 0.3 is 6.16 Å². The second-order valence-electron chi connectivity index (χ2n) is 8.09. The van der Waals surface area contributed by atoms with Gasteiger partial charge in [0.05, 0.1) is 18.5 Å². The van der Waals surface area contributed by atoms with Gasteiger partial charge in [0.1, 0.15) is 5.82 Å². The Bertz CT molecular complexity index is 1150. The van der Waals surface area contributed by atoms with Crippen LogP contribution < -0.4 is 19.7 Å². The highest BCUT2D eigenvalue weighted by molar-refractivity contribution is 5.68. The van der Waals surface area contributed by atoms with Crippen molar-refractivity contribution >= 4 is 23.3 Å². The van der Waals surface area contributed by atoms with Crippen LogP contribution in [0.15, 0.2) is 48.7 Å². The minimum Gasteiger partial charge on any atom is -0.481 e. The Morgan fingerprint density at radius 1 is 1.27 bits per heavy atom. The molecule has 1 atom stereocenters. The van der Waals surface area contributed by atoms with Gasteiger partial charge in [0.25, 0.3) is 0 Å². The molecule has 3 aromatic rings. The molecule has 0 amide bonds. The molecule has 0 fully saturated rings. The fourth-order valence-electron chi connectivity index (χ4n) is 4.32. The average Bonchev–Trinajstić information content (AvgIpc) is 2.82. The van der Waals surface area contributed by atoms with E-state index in [9.17, 15) is 4.79 Å². The third-order valence-corrected chi connectivity index (χ3v) is 6.04. The minimum absolute atomic E-state index is 0.272. The Hall–Kier alpha value is -3.81. The Morgan fingerprint density at radius 3 is 2.91 bits per heavy atom. The van der Waals surface area contributed by atoms with Crippen LogP contribution in [0, 0.1) is 6.92 Å². The van der Waals surface area contributed by atoms with Crippen LogP contribution in [-0.4, -0.2) is 41.9 Å².